The van der Waals surface area contributed by atoms with Gasteiger partial charge in [0.05, 0.1) is 0 Å². The summed E-state index contributed by atoms with van der Waals surface area (Å²) in [6.45, 7) is 28.3. The summed E-state index contributed by atoms with van der Waals surface area (Å²) in [5.41, 5.74) is 4.80. The first-order valence-corrected chi connectivity index (χ1v) is 13.0. The van der Waals surface area contributed by atoms with Crippen LogP contribution >= 0.6 is 0 Å². The highest BCUT2D eigenvalue weighted by molar-refractivity contribution is 5.30. The Morgan fingerprint density at radius 1 is 0.656 bits per heavy atom. The van der Waals surface area contributed by atoms with E-state index in [1.54, 1.807) is 0 Å². The van der Waals surface area contributed by atoms with Gasteiger partial charge >= 0.3 is 0 Å². The van der Waals surface area contributed by atoms with Gasteiger partial charge in [-0.15, -0.1) is 0 Å². The van der Waals surface area contributed by atoms with E-state index in [1.807, 2.05) is 13.8 Å². The van der Waals surface area contributed by atoms with Crippen molar-refractivity contribution in [2.75, 3.05) is 0 Å². The number of hydrogen-bond acceptors (Lipinski definition) is 0. The van der Waals surface area contributed by atoms with Crippen LogP contribution in [-0.2, 0) is 6.42 Å². The summed E-state index contributed by atoms with van der Waals surface area (Å²) in [5, 5.41) is 0. The van der Waals surface area contributed by atoms with Crippen molar-refractivity contribution in [2.24, 2.45) is 22.2 Å². The van der Waals surface area contributed by atoms with Crippen molar-refractivity contribution in [1.29, 1.82) is 0 Å². The number of rotatable bonds is 8. The van der Waals surface area contributed by atoms with Gasteiger partial charge in [0, 0.05) is 0 Å². The van der Waals surface area contributed by atoms with Crippen LogP contribution in [0.1, 0.15) is 118 Å². The normalized spacial score (nSPS) is 14.5. The summed E-state index contributed by atoms with van der Waals surface area (Å²) in [7, 11) is 0. The third kappa shape index (κ3) is 6.49. The van der Waals surface area contributed by atoms with Crippen molar-refractivity contribution in [3.05, 3.63) is 71.3 Å². The SMILES string of the molecule is CC.CCc1ccc(C(CC(C)C)C(C)(C)C(C)(C)C(c2ccccc2)C(C)(C)C)cc1. The zero-order valence-corrected chi connectivity index (χ0v) is 23.3. The largest absolute Gasteiger partial charge is 0.0683 e. The summed E-state index contributed by atoms with van der Waals surface area (Å²) in [4.78, 5) is 0. The molecule has 0 heterocycles. The molecule has 0 spiro atoms. The lowest BCUT2D eigenvalue weighted by Crippen LogP contribution is -2.46. The van der Waals surface area contributed by atoms with Gasteiger partial charge < -0.3 is 0 Å². The van der Waals surface area contributed by atoms with Gasteiger partial charge in [-0.05, 0) is 63.5 Å². The van der Waals surface area contributed by atoms with E-state index in [9.17, 15) is 0 Å². The molecule has 180 valence electrons. The zero-order valence-electron chi connectivity index (χ0n) is 23.3. The molecule has 2 unspecified atom stereocenters. The third-order valence-electron chi connectivity index (χ3n) is 7.75. The van der Waals surface area contributed by atoms with Gasteiger partial charge in [-0.1, -0.05) is 138 Å². The molecule has 0 amide bonds. The van der Waals surface area contributed by atoms with E-state index in [1.165, 1.54) is 23.1 Å². The van der Waals surface area contributed by atoms with E-state index >= 15 is 0 Å². The highest BCUT2D eigenvalue weighted by Gasteiger charge is 2.51. The number of hydrogen-bond donors (Lipinski definition) is 0. The molecular weight excluding hydrogens is 384 g/mol. The van der Waals surface area contributed by atoms with Gasteiger partial charge in [-0.3, -0.25) is 0 Å². The van der Waals surface area contributed by atoms with E-state index in [-0.39, 0.29) is 16.2 Å². The van der Waals surface area contributed by atoms with Crippen molar-refractivity contribution in [3.63, 3.8) is 0 Å². The number of benzene rings is 2. The number of aryl methyl sites for hydroxylation is 1. The maximum atomic E-state index is 2.52. The van der Waals surface area contributed by atoms with Crippen LogP contribution in [-0.4, -0.2) is 0 Å². The minimum atomic E-state index is 0.107. The average molecular weight is 437 g/mol. The second kappa shape index (κ2) is 11.5. The lowest BCUT2D eigenvalue weighted by molar-refractivity contribution is 0.000469. The fraction of sp³-hybridized carbons (Fsp3) is 0.625. The van der Waals surface area contributed by atoms with Gasteiger partial charge in [0.25, 0.3) is 0 Å². The summed E-state index contributed by atoms with van der Waals surface area (Å²) in [6.07, 6.45) is 2.32. The zero-order chi connectivity index (χ0) is 24.7. The second-order valence-electron chi connectivity index (χ2n) is 11.9. The predicted molar refractivity (Wildman–Crippen MR) is 146 cm³/mol. The highest BCUT2D eigenvalue weighted by Crippen LogP contribution is 2.61. The van der Waals surface area contributed by atoms with Crippen LogP contribution in [0.5, 0.6) is 0 Å². The van der Waals surface area contributed by atoms with Crippen molar-refractivity contribution in [2.45, 2.75) is 108 Å². The molecule has 0 saturated carbocycles. The Balaban J connectivity index is 0.00000249. The van der Waals surface area contributed by atoms with Crippen LogP contribution in [0.2, 0.25) is 0 Å². The van der Waals surface area contributed by atoms with Gasteiger partial charge in [0.2, 0.25) is 0 Å². The Labute approximate surface area is 201 Å². The molecule has 0 aliphatic carbocycles. The maximum Gasteiger partial charge on any atom is -0.00566 e. The summed E-state index contributed by atoms with van der Waals surface area (Å²) >= 11 is 0. The van der Waals surface area contributed by atoms with Crippen molar-refractivity contribution in [3.8, 4) is 0 Å². The van der Waals surface area contributed by atoms with E-state index in [4.69, 9.17) is 0 Å². The van der Waals surface area contributed by atoms with Crippen molar-refractivity contribution < 1.29 is 0 Å². The molecule has 0 aliphatic rings. The fourth-order valence-electron chi connectivity index (χ4n) is 5.77. The standard InChI is InChI=1S/C30H46.C2H6/c1-11-23-17-19-24(20-18-23)26(21-22(2)3)29(7,8)30(9,10)27(28(4,5)6)25-15-13-12-14-16-25;1-2/h12-20,22,26-27H,11,21H2,1-10H3;1-2H3. The molecular formula is C32H52. The molecule has 2 atom stereocenters. The van der Waals surface area contributed by atoms with E-state index in [0.29, 0.717) is 17.8 Å². The highest BCUT2D eigenvalue weighted by atomic mass is 14.6. The molecule has 2 aromatic rings. The average Bonchev–Trinajstić information content (AvgIpc) is 2.73. The molecule has 32 heavy (non-hydrogen) atoms. The molecule has 0 saturated heterocycles. The molecule has 0 bridgehead atoms. The lowest BCUT2D eigenvalue weighted by atomic mass is 9.49. The Bertz CT molecular complexity index is 769. The summed E-state index contributed by atoms with van der Waals surface area (Å²) in [6, 6.07) is 20.7. The predicted octanol–water partition coefficient (Wildman–Crippen LogP) is 10.3. The Hall–Kier alpha value is -1.56. The van der Waals surface area contributed by atoms with Crippen LogP contribution < -0.4 is 0 Å². The van der Waals surface area contributed by atoms with Gasteiger partial charge in [-0.25, -0.2) is 0 Å². The molecule has 0 radical (unpaired) electrons. The molecule has 2 aromatic carbocycles. The Morgan fingerprint density at radius 2 is 1.16 bits per heavy atom. The van der Waals surface area contributed by atoms with Crippen LogP contribution in [0.4, 0.5) is 0 Å². The molecule has 0 aliphatic heterocycles. The van der Waals surface area contributed by atoms with Crippen molar-refractivity contribution in [1.82, 2.24) is 0 Å². The van der Waals surface area contributed by atoms with E-state index in [0.717, 1.165) is 6.42 Å². The minimum Gasteiger partial charge on any atom is -0.0683 e. The van der Waals surface area contributed by atoms with Crippen LogP contribution in [0.3, 0.4) is 0 Å². The topological polar surface area (TPSA) is 0 Å². The monoisotopic (exact) mass is 436 g/mol. The van der Waals surface area contributed by atoms with E-state index in [2.05, 4.69) is 124 Å². The third-order valence-corrected chi connectivity index (χ3v) is 7.75. The van der Waals surface area contributed by atoms with E-state index < -0.39 is 0 Å². The molecule has 0 fully saturated rings. The minimum absolute atomic E-state index is 0.107. The first kappa shape index (κ1) is 28.5. The maximum absolute atomic E-state index is 2.52. The lowest BCUT2D eigenvalue weighted by Gasteiger charge is -2.55. The Kier molecular flexibility index (Phi) is 10.3. The summed E-state index contributed by atoms with van der Waals surface area (Å²) in [5.74, 6) is 1.65. The first-order valence-electron chi connectivity index (χ1n) is 13.0. The molecule has 0 N–H and O–H groups in total. The van der Waals surface area contributed by atoms with Gasteiger partial charge in [0.1, 0.15) is 0 Å². The molecule has 0 heteroatoms. The summed E-state index contributed by atoms with van der Waals surface area (Å²) < 4.78 is 0. The van der Waals surface area contributed by atoms with Crippen molar-refractivity contribution >= 4 is 0 Å². The van der Waals surface area contributed by atoms with Gasteiger partial charge in [0.15, 0.2) is 0 Å². The molecule has 2 rings (SSSR count). The van der Waals surface area contributed by atoms with Crippen LogP contribution in [0, 0.1) is 22.2 Å². The second-order valence-corrected chi connectivity index (χ2v) is 11.9. The Morgan fingerprint density at radius 3 is 1.56 bits per heavy atom. The molecule has 0 aromatic heterocycles. The quantitative estimate of drug-likeness (QED) is 0.386. The smallest absolute Gasteiger partial charge is 0.00566 e. The van der Waals surface area contributed by atoms with Crippen LogP contribution in [0.15, 0.2) is 54.6 Å². The molecule has 0 nitrogen and oxygen atoms in total. The van der Waals surface area contributed by atoms with Crippen LogP contribution in [0.25, 0.3) is 0 Å². The fourth-order valence-corrected chi connectivity index (χ4v) is 5.77. The van der Waals surface area contributed by atoms with Gasteiger partial charge in [-0.2, -0.15) is 0 Å². The first-order chi connectivity index (χ1) is 14.8.